The Hall–Kier alpha value is -2.83. The predicted molar refractivity (Wildman–Crippen MR) is 83.0 cm³/mol. The highest BCUT2D eigenvalue weighted by molar-refractivity contribution is 5.89. The van der Waals surface area contributed by atoms with Crippen LogP contribution in [-0.2, 0) is 20.6 Å². The lowest BCUT2D eigenvalue weighted by Gasteiger charge is -2.13. The highest BCUT2D eigenvalue weighted by Gasteiger charge is 2.15. The van der Waals surface area contributed by atoms with Crippen LogP contribution >= 0.6 is 0 Å². The monoisotopic (exact) mass is 300 g/mol. The summed E-state index contributed by atoms with van der Waals surface area (Å²) >= 11 is 0. The van der Waals surface area contributed by atoms with Crippen molar-refractivity contribution >= 4 is 16.7 Å². The standard InChI is InChI=1S/C15H16N4O3/c1-9-7-17-13-11(14(20)19(3)15(21)18(13)2)12(9)16-8-10-5-4-6-22-10/h4-7H,8H2,1-3H3,(H,16,17). The van der Waals surface area contributed by atoms with Gasteiger partial charge in [-0.3, -0.25) is 13.9 Å². The smallest absolute Gasteiger partial charge is 0.332 e. The van der Waals surface area contributed by atoms with Gasteiger partial charge in [-0.25, -0.2) is 9.78 Å². The van der Waals surface area contributed by atoms with E-state index in [4.69, 9.17) is 4.42 Å². The van der Waals surface area contributed by atoms with Crippen molar-refractivity contribution < 1.29 is 4.42 Å². The van der Waals surface area contributed by atoms with E-state index in [1.807, 2.05) is 13.0 Å². The van der Waals surface area contributed by atoms with Gasteiger partial charge in [0.05, 0.1) is 18.5 Å². The van der Waals surface area contributed by atoms with Crippen molar-refractivity contribution in [2.45, 2.75) is 13.5 Å². The normalized spacial score (nSPS) is 11.0. The van der Waals surface area contributed by atoms with Crippen LogP contribution in [0.3, 0.4) is 0 Å². The van der Waals surface area contributed by atoms with Crippen LogP contribution in [0.2, 0.25) is 0 Å². The molecule has 0 aliphatic rings. The van der Waals surface area contributed by atoms with Crippen molar-refractivity contribution in [3.8, 4) is 0 Å². The SMILES string of the molecule is Cc1cnc2c(c1NCc1ccco1)c(=O)n(C)c(=O)n2C. The molecule has 7 heteroatoms. The summed E-state index contributed by atoms with van der Waals surface area (Å²) in [5.74, 6) is 0.756. The first-order valence-corrected chi connectivity index (χ1v) is 6.82. The molecule has 1 N–H and O–H groups in total. The van der Waals surface area contributed by atoms with Gasteiger partial charge in [-0.2, -0.15) is 0 Å². The van der Waals surface area contributed by atoms with E-state index in [0.29, 0.717) is 23.3 Å². The molecular weight excluding hydrogens is 284 g/mol. The molecule has 0 atom stereocenters. The average molecular weight is 300 g/mol. The lowest BCUT2D eigenvalue weighted by Crippen LogP contribution is -2.37. The van der Waals surface area contributed by atoms with Gasteiger partial charge >= 0.3 is 5.69 Å². The zero-order valence-corrected chi connectivity index (χ0v) is 12.6. The summed E-state index contributed by atoms with van der Waals surface area (Å²) < 4.78 is 7.74. The number of rotatable bonds is 3. The Morgan fingerprint density at radius 3 is 2.73 bits per heavy atom. The molecule has 0 saturated carbocycles. The molecule has 0 bridgehead atoms. The van der Waals surface area contributed by atoms with E-state index in [-0.39, 0.29) is 5.56 Å². The molecular formula is C15H16N4O3. The van der Waals surface area contributed by atoms with E-state index < -0.39 is 5.69 Å². The first-order valence-electron chi connectivity index (χ1n) is 6.82. The number of anilines is 1. The fraction of sp³-hybridized carbons (Fsp3) is 0.267. The Morgan fingerprint density at radius 1 is 1.27 bits per heavy atom. The number of nitrogens with one attached hydrogen (secondary N) is 1. The Bertz CT molecular complexity index is 952. The molecule has 0 aromatic carbocycles. The molecule has 0 unspecified atom stereocenters. The first kappa shape index (κ1) is 14.1. The van der Waals surface area contributed by atoms with Gasteiger partial charge in [-0.1, -0.05) is 0 Å². The molecule has 0 spiro atoms. The molecule has 114 valence electrons. The second-order valence-corrected chi connectivity index (χ2v) is 5.15. The van der Waals surface area contributed by atoms with Crippen LogP contribution in [0.4, 0.5) is 5.69 Å². The maximum Gasteiger partial charge on any atom is 0.332 e. The minimum Gasteiger partial charge on any atom is -0.467 e. The number of furan rings is 1. The van der Waals surface area contributed by atoms with E-state index >= 15 is 0 Å². The molecule has 3 aromatic rings. The summed E-state index contributed by atoms with van der Waals surface area (Å²) in [5, 5.41) is 3.61. The average Bonchev–Trinajstić information content (AvgIpc) is 3.02. The third kappa shape index (κ3) is 2.11. The van der Waals surface area contributed by atoms with Crippen LogP contribution < -0.4 is 16.6 Å². The number of aromatic nitrogens is 3. The molecule has 3 aromatic heterocycles. The van der Waals surface area contributed by atoms with Crippen LogP contribution in [0.1, 0.15) is 11.3 Å². The minimum absolute atomic E-state index is 0.362. The quantitative estimate of drug-likeness (QED) is 0.784. The number of aryl methyl sites for hydroxylation is 2. The van der Waals surface area contributed by atoms with Crippen LogP contribution in [-0.4, -0.2) is 14.1 Å². The molecule has 0 amide bonds. The summed E-state index contributed by atoms with van der Waals surface area (Å²) in [6, 6.07) is 3.65. The number of pyridine rings is 1. The lowest BCUT2D eigenvalue weighted by atomic mass is 10.2. The van der Waals surface area contributed by atoms with Gasteiger partial charge in [0.2, 0.25) is 0 Å². The number of hydrogen-bond acceptors (Lipinski definition) is 5. The van der Waals surface area contributed by atoms with Gasteiger partial charge in [-0.15, -0.1) is 0 Å². The molecule has 22 heavy (non-hydrogen) atoms. The topological polar surface area (TPSA) is 82.1 Å². The Balaban J connectivity index is 2.22. The summed E-state index contributed by atoms with van der Waals surface area (Å²) in [6.07, 6.45) is 3.24. The second kappa shape index (κ2) is 5.18. The van der Waals surface area contributed by atoms with E-state index in [2.05, 4.69) is 10.3 Å². The molecule has 0 aliphatic heterocycles. The van der Waals surface area contributed by atoms with Gasteiger partial charge in [0.15, 0.2) is 5.65 Å². The Morgan fingerprint density at radius 2 is 2.05 bits per heavy atom. The van der Waals surface area contributed by atoms with E-state index in [9.17, 15) is 9.59 Å². The summed E-state index contributed by atoms with van der Waals surface area (Å²) in [6.45, 7) is 2.31. The van der Waals surface area contributed by atoms with Crippen LogP contribution in [0.5, 0.6) is 0 Å². The van der Waals surface area contributed by atoms with Crippen LogP contribution in [0, 0.1) is 6.92 Å². The largest absolute Gasteiger partial charge is 0.467 e. The fourth-order valence-corrected chi connectivity index (χ4v) is 2.44. The van der Waals surface area contributed by atoms with Gasteiger partial charge in [-0.05, 0) is 24.6 Å². The number of hydrogen-bond donors (Lipinski definition) is 1. The van der Waals surface area contributed by atoms with Gasteiger partial charge < -0.3 is 9.73 Å². The zero-order chi connectivity index (χ0) is 15.9. The van der Waals surface area contributed by atoms with Crippen molar-refractivity contribution in [3.63, 3.8) is 0 Å². The van der Waals surface area contributed by atoms with Crippen LogP contribution in [0.25, 0.3) is 11.0 Å². The van der Waals surface area contributed by atoms with Crippen molar-refractivity contribution in [1.82, 2.24) is 14.1 Å². The predicted octanol–water partition coefficient (Wildman–Crippen LogP) is 1.15. The van der Waals surface area contributed by atoms with E-state index in [1.165, 1.54) is 11.6 Å². The summed E-state index contributed by atoms with van der Waals surface area (Å²) in [5.41, 5.74) is 1.09. The highest BCUT2D eigenvalue weighted by atomic mass is 16.3. The third-order valence-electron chi connectivity index (χ3n) is 3.68. The highest BCUT2D eigenvalue weighted by Crippen LogP contribution is 2.22. The minimum atomic E-state index is -0.397. The summed E-state index contributed by atoms with van der Waals surface area (Å²) in [7, 11) is 3.06. The number of fused-ring (bicyclic) bond motifs is 1. The maximum atomic E-state index is 12.5. The van der Waals surface area contributed by atoms with Crippen molar-refractivity contribution in [3.05, 3.63) is 56.8 Å². The van der Waals surface area contributed by atoms with Gasteiger partial charge in [0, 0.05) is 20.3 Å². The fourth-order valence-electron chi connectivity index (χ4n) is 2.44. The molecule has 3 heterocycles. The third-order valence-corrected chi connectivity index (χ3v) is 3.68. The molecule has 0 aliphatic carbocycles. The number of nitrogens with zero attached hydrogens (tertiary/aromatic N) is 3. The first-order chi connectivity index (χ1) is 10.5. The second-order valence-electron chi connectivity index (χ2n) is 5.15. The zero-order valence-electron chi connectivity index (χ0n) is 12.6. The molecule has 7 nitrogen and oxygen atoms in total. The Labute approximate surface area is 125 Å². The van der Waals surface area contributed by atoms with Crippen molar-refractivity contribution in [2.75, 3.05) is 5.32 Å². The molecule has 0 radical (unpaired) electrons. The van der Waals surface area contributed by atoms with Crippen molar-refractivity contribution in [2.24, 2.45) is 14.1 Å². The van der Waals surface area contributed by atoms with Crippen molar-refractivity contribution in [1.29, 1.82) is 0 Å². The molecule has 0 saturated heterocycles. The van der Waals surface area contributed by atoms with Crippen LogP contribution in [0.15, 0.2) is 38.6 Å². The maximum absolute atomic E-state index is 12.5. The Kier molecular flexibility index (Phi) is 3.32. The lowest BCUT2D eigenvalue weighted by molar-refractivity contribution is 0.518. The van der Waals surface area contributed by atoms with E-state index in [0.717, 1.165) is 15.9 Å². The summed E-state index contributed by atoms with van der Waals surface area (Å²) in [4.78, 5) is 28.7. The van der Waals surface area contributed by atoms with E-state index in [1.54, 1.807) is 25.6 Å². The molecule has 3 rings (SSSR count). The van der Waals surface area contributed by atoms with Gasteiger partial charge in [0.1, 0.15) is 11.1 Å². The molecule has 0 fully saturated rings. The van der Waals surface area contributed by atoms with Gasteiger partial charge in [0.25, 0.3) is 5.56 Å².